The number of benzene rings is 1. The number of phenols is 1. The van der Waals surface area contributed by atoms with Crippen LogP contribution in [0.4, 0.5) is 0 Å². The van der Waals surface area contributed by atoms with Gasteiger partial charge in [-0.1, -0.05) is 19.1 Å². The quantitative estimate of drug-likeness (QED) is 0.848. The fourth-order valence-electron chi connectivity index (χ4n) is 2.02. The van der Waals surface area contributed by atoms with Crippen LogP contribution in [0.2, 0.25) is 0 Å². The number of nitrogens with zero attached hydrogens (tertiary/aromatic N) is 2. The lowest BCUT2D eigenvalue weighted by atomic mass is 10.0. The maximum absolute atomic E-state index is 9.34. The second kappa shape index (κ2) is 7.01. The van der Waals surface area contributed by atoms with Crippen molar-refractivity contribution in [2.45, 2.75) is 32.7 Å². The Morgan fingerprint density at radius 3 is 2.40 bits per heavy atom. The molecule has 4 nitrogen and oxygen atoms in total. The van der Waals surface area contributed by atoms with Crippen LogP contribution in [-0.2, 0) is 6.42 Å². The second-order valence-corrected chi connectivity index (χ2v) is 5.00. The number of rotatable bonds is 6. The predicted molar refractivity (Wildman–Crippen MR) is 79.6 cm³/mol. The van der Waals surface area contributed by atoms with Crippen LogP contribution in [0.5, 0.6) is 5.75 Å². The first-order valence-corrected chi connectivity index (χ1v) is 6.99. The van der Waals surface area contributed by atoms with E-state index >= 15 is 0 Å². The molecule has 0 aliphatic carbocycles. The molecule has 2 N–H and O–H groups in total. The van der Waals surface area contributed by atoms with E-state index < -0.39 is 0 Å². The van der Waals surface area contributed by atoms with Crippen LogP contribution in [0.1, 0.15) is 36.3 Å². The van der Waals surface area contributed by atoms with Gasteiger partial charge in [-0.2, -0.15) is 0 Å². The molecular formula is C16H21N3O. The molecule has 20 heavy (non-hydrogen) atoms. The number of nitrogens with one attached hydrogen (secondary N) is 1. The van der Waals surface area contributed by atoms with E-state index in [4.69, 9.17) is 0 Å². The van der Waals surface area contributed by atoms with Crippen molar-refractivity contribution in [1.82, 2.24) is 15.3 Å². The van der Waals surface area contributed by atoms with Crippen molar-refractivity contribution in [2.75, 3.05) is 6.54 Å². The number of phenolic OH excluding ortho intramolecular Hbond substituents is 1. The SMILES string of the molecule is CCCNC(Cc1ccc(O)cc1)c1ncc(C)cn1. The standard InChI is InChI=1S/C16H21N3O/c1-3-8-17-15(16-18-10-12(2)11-19-16)9-13-4-6-14(20)7-5-13/h4-7,10-11,15,17,20H,3,8-9H2,1-2H3. The molecule has 1 aromatic carbocycles. The molecule has 0 amide bonds. The van der Waals surface area contributed by atoms with Crippen molar-refractivity contribution < 1.29 is 5.11 Å². The van der Waals surface area contributed by atoms with Gasteiger partial charge in [0.2, 0.25) is 0 Å². The Balaban J connectivity index is 2.14. The third-order valence-corrected chi connectivity index (χ3v) is 3.13. The Morgan fingerprint density at radius 1 is 1.15 bits per heavy atom. The summed E-state index contributed by atoms with van der Waals surface area (Å²) in [6.07, 6.45) is 5.57. The Hall–Kier alpha value is -1.94. The van der Waals surface area contributed by atoms with E-state index in [2.05, 4.69) is 22.2 Å². The van der Waals surface area contributed by atoms with Gasteiger partial charge in [0.05, 0.1) is 6.04 Å². The van der Waals surface area contributed by atoms with Gasteiger partial charge in [0.25, 0.3) is 0 Å². The number of aromatic nitrogens is 2. The van der Waals surface area contributed by atoms with Gasteiger partial charge in [0.1, 0.15) is 11.6 Å². The minimum absolute atomic E-state index is 0.0973. The van der Waals surface area contributed by atoms with E-state index in [1.165, 1.54) is 0 Å². The zero-order valence-electron chi connectivity index (χ0n) is 12.0. The molecule has 1 unspecified atom stereocenters. The molecule has 106 valence electrons. The molecule has 0 aliphatic heterocycles. The van der Waals surface area contributed by atoms with E-state index in [9.17, 15) is 5.11 Å². The summed E-state index contributed by atoms with van der Waals surface area (Å²) in [4.78, 5) is 8.84. The molecule has 0 bridgehead atoms. The number of aryl methyl sites for hydroxylation is 1. The first-order chi connectivity index (χ1) is 9.69. The van der Waals surface area contributed by atoms with Gasteiger partial charge in [-0.05, 0) is 49.6 Å². The topological polar surface area (TPSA) is 58.0 Å². The van der Waals surface area contributed by atoms with E-state index in [0.29, 0.717) is 5.75 Å². The Kier molecular flexibility index (Phi) is 5.07. The van der Waals surface area contributed by atoms with Crippen LogP contribution < -0.4 is 5.32 Å². The molecule has 0 saturated heterocycles. The van der Waals surface area contributed by atoms with Gasteiger partial charge in [-0.3, -0.25) is 0 Å². The van der Waals surface area contributed by atoms with Crippen LogP contribution in [0.25, 0.3) is 0 Å². The molecule has 0 fully saturated rings. The molecular weight excluding hydrogens is 250 g/mol. The first kappa shape index (κ1) is 14.5. The van der Waals surface area contributed by atoms with Crippen molar-refractivity contribution in [1.29, 1.82) is 0 Å². The highest BCUT2D eigenvalue weighted by atomic mass is 16.3. The highest BCUT2D eigenvalue weighted by Gasteiger charge is 2.14. The average Bonchev–Trinajstić information content (AvgIpc) is 2.46. The fourth-order valence-corrected chi connectivity index (χ4v) is 2.02. The predicted octanol–water partition coefficient (Wildman–Crippen LogP) is 2.77. The molecule has 4 heteroatoms. The van der Waals surface area contributed by atoms with Crippen LogP contribution >= 0.6 is 0 Å². The molecule has 1 atom stereocenters. The third-order valence-electron chi connectivity index (χ3n) is 3.13. The van der Waals surface area contributed by atoms with Crippen molar-refractivity contribution in [3.63, 3.8) is 0 Å². The molecule has 0 aliphatic rings. The Bertz CT molecular complexity index is 522. The van der Waals surface area contributed by atoms with Gasteiger partial charge in [-0.25, -0.2) is 9.97 Å². The van der Waals surface area contributed by atoms with Crippen molar-refractivity contribution in [2.24, 2.45) is 0 Å². The summed E-state index contributed by atoms with van der Waals surface area (Å²) in [5, 5.41) is 12.8. The monoisotopic (exact) mass is 271 g/mol. The van der Waals surface area contributed by atoms with Crippen LogP contribution in [-0.4, -0.2) is 21.6 Å². The van der Waals surface area contributed by atoms with Crippen LogP contribution in [0, 0.1) is 6.92 Å². The smallest absolute Gasteiger partial charge is 0.145 e. The Labute approximate surface area is 119 Å². The summed E-state index contributed by atoms with van der Waals surface area (Å²) in [6, 6.07) is 7.39. The van der Waals surface area contributed by atoms with Crippen molar-refractivity contribution in [3.05, 3.63) is 53.6 Å². The van der Waals surface area contributed by atoms with Gasteiger partial charge < -0.3 is 10.4 Å². The molecule has 1 aromatic heterocycles. The van der Waals surface area contributed by atoms with Crippen molar-refractivity contribution >= 4 is 0 Å². The minimum atomic E-state index is 0.0973. The molecule has 2 rings (SSSR count). The zero-order valence-corrected chi connectivity index (χ0v) is 12.0. The fraction of sp³-hybridized carbons (Fsp3) is 0.375. The second-order valence-electron chi connectivity index (χ2n) is 5.00. The van der Waals surface area contributed by atoms with E-state index in [0.717, 1.165) is 36.3 Å². The van der Waals surface area contributed by atoms with Gasteiger partial charge in [0.15, 0.2) is 0 Å². The molecule has 1 heterocycles. The minimum Gasteiger partial charge on any atom is -0.508 e. The summed E-state index contributed by atoms with van der Waals surface area (Å²) in [6.45, 7) is 5.05. The maximum atomic E-state index is 9.34. The van der Waals surface area contributed by atoms with E-state index in [-0.39, 0.29) is 6.04 Å². The lowest BCUT2D eigenvalue weighted by Gasteiger charge is -2.17. The highest BCUT2D eigenvalue weighted by Crippen LogP contribution is 2.17. The average molecular weight is 271 g/mol. The molecule has 0 spiro atoms. The summed E-state index contributed by atoms with van der Waals surface area (Å²) < 4.78 is 0. The highest BCUT2D eigenvalue weighted by molar-refractivity contribution is 5.27. The number of aromatic hydroxyl groups is 1. The lowest BCUT2D eigenvalue weighted by Crippen LogP contribution is -2.26. The normalized spacial score (nSPS) is 12.3. The summed E-state index contributed by atoms with van der Waals surface area (Å²) in [7, 11) is 0. The van der Waals surface area contributed by atoms with Gasteiger partial charge in [-0.15, -0.1) is 0 Å². The number of hydrogen-bond donors (Lipinski definition) is 2. The summed E-state index contributed by atoms with van der Waals surface area (Å²) in [5.74, 6) is 1.11. The first-order valence-electron chi connectivity index (χ1n) is 6.99. The van der Waals surface area contributed by atoms with Crippen LogP contribution in [0.15, 0.2) is 36.7 Å². The van der Waals surface area contributed by atoms with Gasteiger partial charge in [0, 0.05) is 12.4 Å². The number of hydrogen-bond acceptors (Lipinski definition) is 4. The van der Waals surface area contributed by atoms with Gasteiger partial charge >= 0.3 is 0 Å². The largest absolute Gasteiger partial charge is 0.508 e. The molecule has 0 saturated carbocycles. The lowest BCUT2D eigenvalue weighted by molar-refractivity contribution is 0.474. The summed E-state index contributed by atoms with van der Waals surface area (Å²) in [5.41, 5.74) is 2.22. The van der Waals surface area contributed by atoms with E-state index in [1.54, 1.807) is 12.1 Å². The zero-order chi connectivity index (χ0) is 14.4. The van der Waals surface area contributed by atoms with Crippen LogP contribution in [0.3, 0.4) is 0 Å². The molecule has 0 radical (unpaired) electrons. The molecule has 2 aromatic rings. The van der Waals surface area contributed by atoms with Crippen molar-refractivity contribution in [3.8, 4) is 5.75 Å². The van der Waals surface area contributed by atoms with E-state index in [1.807, 2.05) is 31.5 Å². The summed E-state index contributed by atoms with van der Waals surface area (Å²) >= 11 is 0. The third kappa shape index (κ3) is 4.03. The maximum Gasteiger partial charge on any atom is 0.145 e. The Morgan fingerprint density at radius 2 is 1.80 bits per heavy atom.